The van der Waals surface area contributed by atoms with E-state index in [4.69, 9.17) is 0 Å². The van der Waals surface area contributed by atoms with Crippen LogP contribution in [0.5, 0.6) is 0 Å². The van der Waals surface area contributed by atoms with E-state index >= 15 is 0 Å². The maximum absolute atomic E-state index is 11.7. The van der Waals surface area contributed by atoms with Gasteiger partial charge >= 0.3 is 0 Å². The number of carbonyl (C=O) groups excluding carboxylic acids is 1. The zero-order chi connectivity index (χ0) is 10.7. The lowest BCUT2D eigenvalue weighted by molar-refractivity contribution is -0.120. The van der Waals surface area contributed by atoms with Crippen molar-refractivity contribution in [1.29, 1.82) is 0 Å². The van der Waals surface area contributed by atoms with Gasteiger partial charge < -0.3 is 5.32 Å². The molecular formula is C11H12BrNOS. The third-order valence-electron chi connectivity index (χ3n) is 2.33. The minimum absolute atomic E-state index is 0.0569. The number of fused-ring (bicyclic) bond motifs is 1. The first-order valence-electron chi connectivity index (χ1n) is 4.89. The molecule has 2 rings (SSSR count). The van der Waals surface area contributed by atoms with Gasteiger partial charge in [-0.15, -0.1) is 11.8 Å². The second-order valence-corrected chi connectivity index (χ2v) is 5.44. The molecule has 1 unspecified atom stereocenters. The number of hydrogen-bond donors (Lipinski definition) is 1. The first-order valence-corrected chi connectivity index (χ1v) is 6.89. The van der Waals surface area contributed by atoms with Gasteiger partial charge in [0.05, 0.1) is 5.25 Å². The van der Waals surface area contributed by atoms with Gasteiger partial charge in [0.1, 0.15) is 0 Å². The lowest BCUT2D eigenvalue weighted by Crippen LogP contribution is -2.33. The van der Waals surface area contributed by atoms with E-state index in [0.29, 0.717) is 6.54 Å². The summed E-state index contributed by atoms with van der Waals surface area (Å²) in [4.78, 5) is 13.0. The van der Waals surface area contributed by atoms with Crippen molar-refractivity contribution in [2.75, 3.05) is 11.9 Å². The molecule has 0 aliphatic carbocycles. The van der Waals surface area contributed by atoms with Crippen molar-refractivity contribution in [3.63, 3.8) is 0 Å². The number of benzene rings is 1. The van der Waals surface area contributed by atoms with Crippen LogP contribution in [0.25, 0.3) is 0 Å². The summed E-state index contributed by atoms with van der Waals surface area (Å²) in [6.07, 6.45) is 0.856. The van der Waals surface area contributed by atoms with Crippen molar-refractivity contribution >= 4 is 33.6 Å². The molecule has 4 heteroatoms. The summed E-state index contributed by atoms with van der Waals surface area (Å²) in [6, 6.07) is 8.22. The molecule has 0 saturated carbocycles. The van der Waals surface area contributed by atoms with Crippen LogP contribution in [0, 0.1) is 0 Å². The van der Waals surface area contributed by atoms with E-state index in [-0.39, 0.29) is 11.2 Å². The largest absolute Gasteiger partial charge is 0.354 e. The van der Waals surface area contributed by atoms with Crippen molar-refractivity contribution in [3.8, 4) is 0 Å². The molecule has 0 radical (unpaired) electrons. The molecule has 0 spiro atoms. The molecule has 1 aliphatic heterocycles. The highest BCUT2D eigenvalue weighted by molar-refractivity contribution is 9.09. The second-order valence-electron chi connectivity index (χ2n) is 3.40. The molecule has 1 amide bonds. The second kappa shape index (κ2) is 5.03. The van der Waals surface area contributed by atoms with Crippen molar-refractivity contribution < 1.29 is 4.79 Å². The van der Waals surface area contributed by atoms with Gasteiger partial charge in [0, 0.05) is 16.8 Å². The van der Waals surface area contributed by atoms with Gasteiger partial charge in [-0.2, -0.15) is 0 Å². The van der Waals surface area contributed by atoms with Crippen LogP contribution >= 0.6 is 27.7 Å². The summed E-state index contributed by atoms with van der Waals surface area (Å²) in [7, 11) is 0. The summed E-state index contributed by atoms with van der Waals surface area (Å²) in [5.74, 6) is 0.149. The molecule has 1 atom stereocenters. The molecule has 80 valence electrons. The number of amides is 1. The predicted molar refractivity (Wildman–Crippen MR) is 66.6 cm³/mol. The number of rotatable bonds is 3. The van der Waals surface area contributed by atoms with Crippen LogP contribution in [0.3, 0.4) is 0 Å². The fourth-order valence-electron chi connectivity index (χ4n) is 1.61. The molecule has 15 heavy (non-hydrogen) atoms. The summed E-state index contributed by atoms with van der Waals surface area (Å²) >= 11 is 4.96. The highest BCUT2D eigenvalue weighted by Crippen LogP contribution is 2.36. The van der Waals surface area contributed by atoms with E-state index in [9.17, 15) is 4.79 Å². The van der Waals surface area contributed by atoms with Gasteiger partial charge in [-0.3, -0.25) is 4.79 Å². The summed E-state index contributed by atoms with van der Waals surface area (Å²) < 4.78 is 0. The molecule has 1 heterocycles. The third kappa shape index (κ3) is 2.55. The lowest BCUT2D eigenvalue weighted by Gasteiger charge is -2.07. The molecule has 0 saturated heterocycles. The van der Waals surface area contributed by atoms with Crippen LogP contribution in [0.2, 0.25) is 0 Å². The Morgan fingerprint density at radius 1 is 1.53 bits per heavy atom. The van der Waals surface area contributed by atoms with Crippen LogP contribution in [0.15, 0.2) is 29.2 Å². The molecule has 0 bridgehead atoms. The zero-order valence-corrected chi connectivity index (χ0v) is 10.6. The predicted octanol–water partition coefficient (Wildman–Crippen LogP) is 2.21. The van der Waals surface area contributed by atoms with E-state index in [1.54, 1.807) is 11.8 Å². The number of halogens is 1. The Bertz CT molecular complexity index is 344. The topological polar surface area (TPSA) is 29.1 Å². The summed E-state index contributed by atoms with van der Waals surface area (Å²) in [5.41, 5.74) is 1.29. The van der Waals surface area contributed by atoms with Gasteiger partial charge in [0.2, 0.25) is 5.91 Å². The van der Waals surface area contributed by atoms with Gasteiger partial charge in [-0.05, 0) is 18.1 Å². The van der Waals surface area contributed by atoms with Gasteiger partial charge in [-0.1, -0.05) is 34.1 Å². The zero-order valence-electron chi connectivity index (χ0n) is 8.20. The van der Waals surface area contributed by atoms with E-state index in [1.165, 1.54) is 10.5 Å². The standard InChI is InChI=1S/C11H12BrNOS/c12-5-6-13-11(14)10-7-8-3-1-2-4-9(8)15-10/h1-4,10H,5-7H2,(H,13,14). The quantitative estimate of drug-likeness (QED) is 0.863. The fraction of sp³-hybridized carbons (Fsp3) is 0.364. The van der Waals surface area contributed by atoms with Crippen LogP contribution < -0.4 is 5.32 Å². The average Bonchev–Trinajstić information content (AvgIpc) is 2.69. The number of nitrogens with one attached hydrogen (secondary N) is 1. The maximum atomic E-state index is 11.7. The Kier molecular flexibility index (Phi) is 3.70. The Labute approximate surface area is 102 Å². The Balaban J connectivity index is 1.98. The summed E-state index contributed by atoms with van der Waals surface area (Å²) in [6.45, 7) is 0.701. The maximum Gasteiger partial charge on any atom is 0.233 e. The van der Waals surface area contributed by atoms with Crippen LogP contribution in [-0.4, -0.2) is 23.0 Å². The van der Waals surface area contributed by atoms with Crippen LogP contribution in [0.4, 0.5) is 0 Å². The Morgan fingerprint density at radius 2 is 2.33 bits per heavy atom. The van der Waals surface area contributed by atoms with E-state index in [2.05, 4.69) is 33.4 Å². The Morgan fingerprint density at radius 3 is 3.07 bits per heavy atom. The number of carbonyl (C=O) groups is 1. The average molecular weight is 286 g/mol. The van der Waals surface area contributed by atoms with E-state index < -0.39 is 0 Å². The molecule has 0 aromatic heterocycles. The number of hydrogen-bond acceptors (Lipinski definition) is 2. The smallest absolute Gasteiger partial charge is 0.233 e. The highest BCUT2D eigenvalue weighted by Gasteiger charge is 2.27. The van der Waals surface area contributed by atoms with Crippen LogP contribution in [0.1, 0.15) is 5.56 Å². The van der Waals surface area contributed by atoms with Gasteiger partial charge in [-0.25, -0.2) is 0 Å². The molecule has 0 fully saturated rings. The lowest BCUT2D eigenvalue weighted by atomic mass is 10.1. The first-order chi connectivity index (χ1) is 7.31. The normalized spacial score (nSPS) is 18.6. The molecule has 1 aromatic carbocycles. The number of thioether (sulfide) groups is 1. The highest BCUT2D eigenvalue weighted by atomic mass is 79.9. The minimum Gasteiger partial charge on any atom is -0.354 e. The van der Waals surface area contributed by atoms with Gasteiger partial charge in [0.15, 0.2) is 0 Å². The monoisotopic (exact) mass is 285 g/mol. The minimum atomic E-state index is 0.0569. The number of alkyl halides is 1. The van der Waals surface area contributed by atoms with Crippen molar-refractivity contribution in [2.24, 2.45) is 0 Å². The molecule has 1 aromatic rings. The van der Waals surface area contributed by atoms with E-state index in [0.717, 1.165) is 11.8 Å². The SMILES string of the molecule is O=C(NCCBr)C1Cc2ccccc2S1. The first kappa shape index (κ1) is 11.0. The van der Waals surface area contributed by atoms with Gasteiger partial charge in [0.25, 0.3) is 0 Å². The third-order valence-corrected chi connectivity index (χ3v) is 4.05. The summed E-state index contributed by atoms with van der Waals surface area (Å²) in [5, 5.41) is 3.77. The van der Waals surface area contributed by atoms with Crippen molar-refractivity contribution in [3.05, 3.63) is 29.8 Å². The van der Waals surface area contributed by atoms with Crippen LogP contribution in [-0.2, 0) is 11.2 Å². The fourth-order valence-corrected chi connectivity index (χ4v) is 3.03. The molecule has 1 N–H and O–H groups in total. The molecule has 1 aliphatic rings. The molecular weight excluding hydrogens is 274 g/mol. The van der Waals surface area contributed by atoms with E-state index in [1.807, 2.05) is 12.1 Å². The Hall–Kier alpha value is -0.480. The van der Waals surface area contributed by atoms with Crippen molar-refractivity contribution in [1.82, 2.24) is 5.32 Å². The molecule has 2 nitrogen and oxygen atoms in total. The van der Waals surface area contributed by atoms with Crippen molar-refractivity contribution in [2.45, 2.75) is 16.6 Å².